The predicted molar refractivity (Wildman–Crippen MR) is 118 cm³/mol. The highest BCUT2D eigenvalue weighted by Crippen LogP contribution is 2.30. The van der Waals surface area contributed by atoms with Crippen LogP contribution < -0.4 is 15.6 Å². The summed E-state index contributed by atoms with van der Waals surface area (Å²) < 4.78 is 8.92. The molecule has 2 aromatic heterocycles. The van der Waals surface area contributed by atoms with Crippen LogP contribution in [0.25, 0.3) is 21.9 Å². The molecule has 0 unspecified atom stereocenters. The van der Waals surface area contributed by atoms with Crippen LogP contribution >= 0.6 is 11.8 Å². The number of hydrogen-bond acceptors (Lipinski definition) is 5. The summed E-state index contributed by atoms with van der Waals surface area (Å²) >= 11 is 1.31. The Balaban J connectivity index is 2.06. The zero-order valence-electron chi connectivity index (χ0n) is 17.4. The number of unbranched alkanes of at least 4 members (excludes halogenated alkanes) is 1. The maximum atomic E-state index is 13.3. The molecule has 0 spiro atoms. The molecule has 0 aliphatic carbocycles. The summed E-state index contributed by atoms with van der Waals surface area (Å²) in [6, 6.07) is 5.72. The summed E-state index contributed by atoms with van der Waals surface area (Å²) in [4.78, 5) is 30.3. The first-order chi connectivity index (χ1) is 14.0. The molecule has 29 heavy (non-hydrogen) atoms. The third-order valence-corrected chi connectivity index (χ3v) is 5.87. The molecule has 0 aliphatic heterocycles. The molecule has 0 bridgehead atoms. The van der Waals surface area contributed by atoms with Crippen molar-refractivity contribution in [1.29, 1.82) is 0 Å². The van der Waals surface area contributed by atoms with Crippen molar-refractivity contribution in [3.8, 4) is 5.75 Å². The molecule has 0 saturated carbocycles. The summed E-state index contributed by atoms with van der Waals surface area (Å²) in [7, 11) is 3.50. The molecule has 0 saturated heterocycles. The number of thioether (sulfide) groups is 1. The van der Waals surface area contributed by atoms with Gasteiger partial charge in [0.05, 0.1) is 18.4 Å². The number of aromatic nitrogens is 3. The van der Waals surface area contributed by atoms with E-state index in [-0.39, 0.29) is 17.2 Å². The second-order valence-corrected chi connectivity index (χ2v) is 7.93. The predicted octanol–water partition coefficient (Wildman–Crippen LogP) is 3.32. The standard InChI is InChI=1S/C21H28N4O3S/c1-5-7-10-22-17(26)13-29-21-23-18-15-12-14(28-4)8-9-16(15)24(3)19(18)20(27)25(21)11-6-2/h8-9,12H,5-7,10-11,13H2,1-4H3,(H,22,26). The van der Waals surface area contributed by atoms with Gasteiger partial charge < -0.3 is 14.6 Å². The van der Waals surface area contributed by atoms with Crippen LogP contribution in [0.4, 0.5) is 0 Å². The lowest BCUT2D eigenvalue weighted by molar-refractivity contribution is -0.118. The molecule has 156 valence electrons. The molecule has 1 aromatic carbocycles. The highest BCUT2D eigenvalue weighted by Gasteiger charge is 2.19. The van der Waals surface area contributed by atoms with Crippen molar-refractivity contribution in [2.45, 2.75) is 44.8 Å². The Kier molecular flexibility index (Phi) is 6.84. The van der Waals surface area contributed by atoms with E-state index in [0.717, 1.165) is 30.2 Å². The number of nitrogens with one attached hydrogen (secondary N) is 1. The minimum Gasteiger partial charge on any atom is -0.497 e. The van der Waals surface area contributed by atoms with Crippen LogP contribution in [-0.4, -0.2) is 39.4 Å². The Labute approximate surface area is 174 Å². The molecule has 8 heteroatoms. The first kappa shape index (κ1) is 21.2. The van der Waals surface area contributed by atoms with Crippen LogP contribution in [-0.2, 0) is 18.4 Å². The van der Waals surface area contributed by atoms with Crippen LogP contribution in [0.2, 0.25) is 0 Å². The van der Waals surface area contributed by atoms with Crippen molar-refractivity contribution in [3.05, 3.63) is 28.6 Å². The van der Waals surface area contributed by atoms with Gasteiger partial charge in [-0.1, -0.05) is 32.0 Å². The van der Waals surface area contributed by atoms with Crippen LogP contribution in [0.1, 0.15) is 33.1 Å². The van der Waals surface area contributed by atoms with Gasteiger partial charge in [-0.15, -0.1) is 0 Å². The van der Waals surface area contributed by atoms with E-state index in [1.54, 1.807) is 11.7 Å². The van der Waals surface area contributed by atoms with Gasteiger partial charge in [-0.05, 0) is 31.0 Å². The van der Waals surface area contributed by atoms with Crippen molar-refractivity contribution in [3.63, 3.8) is 0 Å². The number of ether oxygens (including phenoxy) is 1. The van der Waals surface area contributed by atoms with Crippen LogP contribution in [0.5, 0.6) is 5.75 Å². The van der Waals surface area contributed by atoms with E-state index in [2.05, 4.69) is 12.2 Å². The molecule has 3 rings (SSSR count). The van der Waals surface area contributed by atoms with Gasteiger partial charge >= 0.3 is 0 Å². The highest BCUT2D eigenvalue weighted by molar-refractivity contribution is 7.99. The average Bonchev–Trinajstić information content (AvgIpc) is 3.00. The van der Waals surface area contributed by atoms with Crippen molar-refractivity contribution < 1.29 is 9.53 Å². The molecule has 3 aromatic rings. The van der Waals surface area contributed by atoms with Crippen molar-refractivity contribution in [2.24, 2.45) is 7.05 Å². The first-order valence-corrected chi connectivity index (χ1v) is 11.0. The minimum absolute atomic E-state index is 0.0413. The van der Waals surface area contributed by atoms with Gasteiger partial charge in [0.2, 0.25) is 5.91 Å². The summed E-state index contributed by atoms with van der Waals surface area (Å²) in [5.74, 6) is 0.911. The Bertz CT molecular complexity index is 1090. The SMILES string of the molecule is CCCCNC(=O)CSc1nc2c3cc(OC)ccc3n(C)c2c(=O)n1CCC. The number of benzene rings is 1. The number of hydrogen-bond donors (Lipinski definition) is 1. The molecule has 1 N–H and O–H groups in total. The lowest BCUT2D eigenvalue weighted by Gasteiger charge is -2.11. The van der Waals surface area contributed by atoms with Gasteiger partial charge in [-0.25, -0.2) is 4.98 Å². The smallest absolute Gasteiger partial charge is 0.278 e. The van der Waals surface area contributed by atoms with Crippen molar-refractivity contribution in [1.82, 2.24) is 19.4 Å². The van der Waals surface area contributed by atoms with Crippen molar-refractivity contribution in [2.75, 3.05) is 19.4 Å². The maximum absolute atomic E-state index is 13.3. The first-order valence-electron chi connectivity index (χ1n) is 9.98. The third-order valence-electron chi connectivity index (χ3n) is 4.90. The number of amides is 1. The second kappa shape index (κ2) is 9.35. The largest absolute Gasteiger partial charge is 0.497 e. The van der Waals surface area contributed by atoms with E-state index < -0.39 is 0 Å². The molecule has 2 heterocycles. The molecular weight excluding hydrogens is 388 g/mol. The maximum Gasteiger partial charge on any atom is 0.278 e. The van der Waals surface area contributed by atoms with Crippen LogP contribution in [0, 0.1) is 0 Å². The zero-order chi connectivity index (χ0) is 21.0. The Morgan fingerprint density at radius 1 is 1.28 bits per heavy atom. The van der Waals surface area contributed by atoms with Gasteiger partial charge in [-0.3, -0.25) is 14.2 Å². The second-order valence-electron chi connectivity index (χ2n) is 6.98. The Morgan fingerprint density at radius 3 is 2.76 bits per heavy atom. The van der Waals surface area contributed by atoms with Gasteiger partial charge in [0, 0.05) is 25.5 Å². The fraction of sp³-hybridized carbons (Fsp3) is 0.476. The Hall–Kier alpha value is -2.48. The van der Waals surface area contributed by atoms with E-state index >= 15 is 0 Å². The van der Waals surface area contributed by atoms with Gasteiger partial charge in [-0.2, -0.15) is 0 Å². The van der Waals surface area contributed by atoms with E-state index in [4.69, 9.17) is 9.72 Å². The van der Waals surface area contributed by atoms with Crippen LogP contribution in [0.3, 0.4) is 0 Å². The molecular formula is C21H28N4O3S. The number of carbonyl (C=O) groups is 1. The monoisotopic (exact) mass is 416 g/mol. The summed E-state index contributed by atoms with van der Waals surface area (Å²) in [6.45, 7) is 5.34. The van der Waals surface area contributed by atoms with E-state index in [9.17, 15) is 9.59 Å². The number of rotatable bonds is 9. The fourth-order valence-corrected chi connectivity index (χ4v) is 4.22. The topological polar surface area (TPSA) is 78.2 Å². The molecule has 0 aliphatic rings. The Morgan fingerprint density at radius 2 is 2.07 bits per heavy atom. The van der Waals surface area contributed by atoms with Gasteiger partial charge in [0.15, 0.2) is 5.16 Å². The number of nitrogens with zero attached hydrogens (tertiary/aromatic N) is 3. The summed E-state index contributed by atoms with van der Waals surface area (Å²) in [5.41, 5.74) is 2.06. The van der Waals surface area contributed by atoms with Gasteiger partial charge in [0.1, 0.15) is 16.8 Å². The average molecular weight is 417 g/mol. The van der Waals surface area contributed by atoms with Crippen molar-refractivity contribution >= 4 is 39.6 Å². The van der Waals surface area contributed by atoms with E-state index in [1.807, 2.05) is 36.7 Å². The molecule has 1 amide bonds. The molecule has 7 nitrogen and oxygen atoms in total. The number of aryl methyl sites for hydroxylation is 1. The summed E-state index contributed by atoms with van der Waals surface area (Å²) in [5, 5.41) is 4.36. The minimum atomic E-state index is -0.0802. The number of methoxy groups -OCH3 is 1. The zero-order valence-corrected chi connectivity index (χ0v) is 18.3. The van der Waals surface area contributed by atoms with Crippen LogP contribution in [0.15, 0.2) is 28.2 Å². The molecule has 0 fully saturated rings. The normalized spacial score (nSPS) is 11.3. The highest BCUT2D eigenvalue weighted by atomic mass is 32.2. The lowest BCUT2D eigenvalue weighted by atomic mass is 10.2. The number of fused-ring (bicyclic) bond motifs is 3. The number of carbonyl (C=O) groups excluding carboxylic acids is 1. The van der Waals surface area contributed by atoms with E-state index in [1.165, 1.54) is 11.8 Å². The quantitative estimate of drug-likeness (QED) is 0.329. The summed E-state index contributed by atoms with van der Waals surface area (Å²) in [6.07, 6.45) is 2.80. The molecule has 0 radical (unpaired) electrons. The lowest BCUT2D eigenvalue weighted by Crippen LogP contribution is -2.28. The van der Waals surface area contributed by atoms with E-state index in [0.29, 0.717) is 35.0 Å². The molecule has 0 atom stereocenters. The third kappa shape index (κ3) is 4.27. The van der Waals surface area contributed by atoms with Gasteiger partial charge in [0.25, 0.3) is 5.56 Å². The fourth-order valence-electron chi connectivity index (χ4n) is 3.38.